The van der Waals surface area contributed by atoms with Crippen molar-refractivity contribution in [2.24, 2.45) is 0 Å². The predicted molar refractivity (Wildman–Crippen MR) is 89.8 cm³/mol. The molecule has 0 spiro atoms. The molecule has 0 saturated carbocycles. The number of benzene rings is 1. The number of methoxy groups -OCH3 is 1. The number of pyridine rings is 1. The summed E-state index contributed by atoms with van der Waals surface area (Å²) in [5, 5.41) is -0.228. The number of hydrogen-bond donors (Lipinski definition) is 2. The lowest BCUT2D eigenvalue weighted by atomic mass is 10.2. The van der Waals surface area contributed by atoms with Crippen LogP contribution < -0.4 is 9.46 Å². The minimum Gasteiger partial charge on any atom is -0.480 e. The van der Waals surface area contributed by atoms with E-state index in [0.29, 0.717) is 0 Å². The number of nitrogens with zero attached hydrogens (tertiary/aromatic N) is 1. The van der Waals surface area contributed by atoms with Crippen molar-refractivity contribution in [1.82, 2.24) is 9.97 Å². The van der Waals surface area contributed by atoms with E-state index < -0.39 is 27.5 Å². The van der Waals surface area contributed by atoms with Crippen LogP contribution in [0.5, 0.6) is 5.88 Å². The molecule has 132 valence electrons. The van der Waals surface area contributed by atoms with Crippen LogP contribution in [0.2, 0.25) is 10.0 Å². The van der Waals surface area contributed by atoms with Crippen molar-refractivity contribution in [2.75, 3.05) is 11.8 Å². The number of H-pyrrole nitrogens is 1. The van der Waals surface area contributed by atoms with Gasteiger partial charge in [0.25, 0.3) is 10.0 Å². The summed E-state index contributed by atoms with van der Waals surface area (Å²) in [6.07, 6.45) is 1.11. The number of aromatic nitrogens is 2. The van der Waals surface area contributed by atoms with Gasteiger partial charge >= 0.3 is 0 Å². The molecule has 0 bridgehead atoms. The number of aromatic amines is 1. The third kappa shape index (κ3) is 3.10. The van der Waals surface area contributed by atoms with E-state index in [2.05, 4.69) is 9.97 Å². The first-order chi connectivity index (χ1) is 11.7. The highest BCUT2D eigenvalue weighted by atomic mass is 35.5. The fraction of sp³-hybridized carbons (Fsp3) is 0.0714. The lowest BCUT2D eigenvalue weighted by molar-refractivity contribution is 0.397. The lowest BCUT2D eigenvalue weighted by Crippen LogP contribution is -2.15. The van der Waals surface area contributed by atoms with Gasteiger partial charge in [-0.05, 0) is 12.1 Å². The molecule has 2 N–H and O–H groups in total. The summed E-state index contributed by atoms with van der Waals surface area (Å²) in [6.45, 7) is 0. The van der Waals surface area contributed by atoms with Crippen LogP contribution in [-0.2, 0) is 10.0 Å². The lowest BCUT2D eigenvalue weighted by Gasteiger charge is -2.10. The van der Waals surface area contributed by atoms with Gasteiger partial charge < -0.3 is 9.72 Å². The molecule has 0 unspecified atom stereocenters. The fourth-order valence-electron chi connectivity index (χ4n) is 2.18. The first-order valence-electron chi connectivity index (χ1n) is 6.62. The number of sulfonamides is 1. The molecule has 3 rings (SSSR count). The first kappa shape index (κ1) is 17.7. The zero-order valence-electron chi connectivity index (χ0n) is 12.4. The van der Waals surface area contributed by atoms with Crippen molar-refractivity contribution in [1.29, 1.82) is 0 Å². The highest BCUT2D eigenvalue weighted by Gasteiger charge is 2.24. The van der Waals surface area contributed by atoms with Crippen LogP contribution in [0, 0.1) is 11.6 Å². The molecular weight excluding hydrogens is 399 g/mol. The third-order valence-corrected chi connectivity index (χ3v) is 5.34. The van der Waals surface area contributed by atoms with Crippen molar-refractivity contribution >= 4 is 49.9 Å². The summed E-state index contributed by atoms with van der Waals surface area (Å²) >= 11 is 11.5. The van der Waals surface area contributed by atoms with Gasteiger partial charge in [-0.15, -0.1) is 0 Å². The summed E-state index contributed by atoms with van der Waals surface area (Å²) in [5.41, 5.74) is 0.101. The number of ether oxygens (including phenoxy) is 1. The predicted octanol–water partition coefficient (Wildman–Crippen LogP) is 3.96. The maximum atomic E-state index is 14.0. The van der Waals surface area contributed by atoms with Crippen LogP contribution >= 0.6 is 23.2 Å². The number of hydrogen-bond acceptors (Lipinski definition) is 4. The average molecular weight is 408 g/mol. The Morgan fingerprint density at radius 3 is 2.64 bits per heavy atom. The van der Waals surface area contributed by atoms with Gasteiger partial charge in [0, 0.05) is 17.6 Å². The Kier molecular flexibility index (Phi) is 4.48. The van der Waals surface area contributed by atoms with Gasteiger partial charge in [-0.1, -0.05) is 23.2 Å². The van der Waals surface area contributed by atoms with Crippen LogP contribution in [0.3, 0.4) is 0 Å². The number of halogens is 4. The number of fused-ring (bicyclic) bond motifs is 1. The molecule has 3 aromatic rings. The summed E-state index contributed by atoms with van der Waals surface area (Å²) in [7, 11) is -3.00. The molecule has 0 radical (unpaired) electrons. The Balaban J connectivity index is 2.08. The van der Waals surface area contributed by atoms with E-state index in [1.165, 1.54) is 13.2 Å². The molecule has 25 heavy (non-hydrogen) atoms. The highest BCUT2D eigenvalue weighted by Crippen LogP contribution is 2.32. The van der Waals surface area contributed by atoms with Gasteiger partial charge in [0.15, 0.2) is 11.6 Å². The van der Waals surface area contributed by atoms with Crippen molar-refractivity contribution in [3.8, 4) is 5.88 Å². The van der Waals surface area contributed by atoms with Gasteiger partial charge in [0.05, 0.1) is 12.6 Å². The Morgan fingerprint density at radius 1 is 1.24 bits per heavy atom. The maximum Gasteiger partial charge on any atom is 0.265 e. The second-order valence-corrected chi connectivity index (χ2v) is 7.29. The van der Waals surface area contributed by atoms with E-state index in [-0.39, 0.29) is 31.7 Å². The van der Waals surface area contributed by atoms with Crippen molar-refractivity contribution in [2.45, 2.75) is 4.90 Å². The molecule has 0 fully saturated rings. The van der Waals surface area contributed by atoms with Crippen molar-refractivity contribution in [3.63, 3.8) is 0 Å². The standard InChI is InChI=1S/C14H9Cl2F2N3O3S/c1-24-14-7(15)4-9(18)13(20-14)21-25(22,23)10-5-19-12-6(10)2-3-8(17)11(12)16/h2-5,19H,1H3,(H,20,21). The Morgan fingerprint density at radius 2 is 1.96 bits per heavy atom. The molecule has 0 aliphatic rings. The van der Waals surface area contributed by atoms with Gasteiger partial charge in [-0.3, -0.25) is 4.72 Å². The van der Waals surface area contributed by atoms with Gasteiger partial charge in [-0.25, -0.2) is 17.2 Å². The van der Waals surface area contributed by atoms with E-state index in [4.69, 9.17) is 27.9 Å². The molecule has 0 amide bonds. The zero-order chi connectivity index (χ0) is 18.4. The molecule has 1 aromatic carbocycles. The second kappa shape index (κ2) is 6.32. The molecule has 0 saturated heterocycles. The van der Waals surface area contributed by atoms with Crippen LogP contribution in [0.15, 0.2) is 29.3 Å². The van der Waals surface area contributed by atoms with E-state index in [1.807, 2.05) is 4.72 Å². The van der Waals surface area contributed by atoms with Crippen LogP contribution in [-0.4, -0.2) is 25.5 Å². The van der Waals surface area contributed by atoms with E-state index in [0.717, 1.165) is 18.3 Å². The van der Waals surface area contributed by atoms with Gasteiger partial charge in [0.1, 0.15) is 20.8 Å². The normalized spacial score (nSPS) is 11.7. The van der Waals surface area contributed by atoms with Crippen LogP contribution in [0.1, 0.15) is 0 Å². The molecule has 2 heterocycles. The van der Waals surface area contributed by atoms with E-state index in [1.54, 1.807) is 0 Å². The summed E-state index contributed by atoms with van der Waals surface area (Å²) < 4.78 is 59.4. The smallest absolute Gasteiger partial charge is 0.265 e. The average Bonchev–Trinajstić information content (AvgIpc) is 2.99. The van der Waals surface area contributed by atoms with Crippen molar-refractivity contribution < 1.29 is 21.9 Å². The fourth-order valence-corrected chi connectivity index (χ4v) is 3.80. The summed E-state index contributed by atoms with van der Waals surface area (Å²) in [6, 6.07) is 3.14. The van der Waals surface area contributed by atoms with E-state index >= 15 is 0 Å². The van der Waals surface area contributed by atoms with Crippen LogP contribution in [0.25, 0.3) is 10.9 Å². The van der Waals surface area contributed by atoms with Crippen LogP contribution in [0.4, 0.5) is 14.6 Å². The zero-order valence-corrected chi connectivity index (χ0v) is 14.7. The Hall–Kier alpha value is -2.10. The van der Waals surface area contributed by atoms with Gasteiger partial charge in [-0.2, -0.15) is 4.98 Å². The highest BCUT2D eigenvalue weighted by molar-refractivity contribution is 7.93. The first-order valence-corrected chi connectivity index (χ1v) is 8.86. The Bertz CT molecular complexity index is 1090. The molecular formula is C14H9Cl2F2N3O3S. The quantitative estimate of drug-likeness (QED) is 0.685. The summed E-state index contributed by atoms with van der Waals surface area (Å²) in [4.78, 5) is 6.02. The topological polar surface area (TPSA) is 84.1 Å². The van der Waals surface area contributed by atoms with Crippen molar-refractivity contribution in [3.05, 3.63) is 46.1 Å². The number of rotatable bonds is 4. The molecule has 2 aromatic heterocycles. The van der Waals surface area contributed by atoms with E-state index in [9.17, 15) is 17.2 Å². The third-order valence-electron chi connectivity index (χ3n) is 3.32. The largest absolute Gasteiger partial charge is 0.480 e. The SMILES string of the molecule is COc1nc(NS(=O)(=O)c2c[nH]c3c(Cl)c(F)ccc23)c(F)cc1Cl. The molecule has 0 aliphatic carbocycles. The molecule has 0 aliphatic heterocycles. The number of nitrogens with one attached hydrogen (secondary N) is 2. The molecule has 6 nitrogen and oxygen atoms in total. The molecule has 0 atom stereocenters. The minimum absolute atomic E-state index is 0.101. The minimum atomic E-state index is -4.25. The monoisotopic (exact) mass is 407 g/mol. The van der Waals surface area contributed by atoms with Gasteiger partial charge in [0.2, 0.25) is 5.88 Å². The summed E-state index contributed by atoms with van der Waals surface area (Å²) in [5.74, 6) is -2.44. The Labute approximate surface area is 150 Å². The second-order valence-electron chi connectivity index (χ2n) is 4.85. The molecule has 11 heteroatoms. The maximum absolute atomic E-state index is 14.0. The number of anilines is 1.